The molecule has 176 valence electrons. The summed E-state index contributed by atoms with van der Waals surface area (Å²) in [7, 11) is -3.56. The van der Waals surface area contributed by atoms with E-state index in [1.165, 1.54) is 22.7 Å². The first-order chi connectivity index (χ1) is 17.2. The number of nitrogens with two attached hydrogens (primary N) is 2. The molecule has 0 radical (unpaired) electrons. The van der Waals surface area contributed by atoms with Gasteiger partial charge in [-0.3, -0.25) is 0 Å². The Hall–Kier alpha value is -4.06. The Labute approximate surface area is 211 Å². The Kier molecular flexibility index (Phi) is 8.17. The molecule has 8 nitrogen and oxygen atoms in total. The van der Waals surface area contributed by atoms with Crippen molar-refractivity contribution in [2.45, 2.75) is 0 Å². The second-order valence-electron chi connectivity index (χ2n) is 6.95. The van der Waals surface area contributed by atoms with Crippen LogP contribution < -0.4 is 21.8 Å². The van der Waals surface area contributed by atoms with Crippen molar-refractivity contribution in [3.8, 4) is 0 Å². The lowest BCUT2D eigenvalue weighted by atomic mass is 10.4. The third kappa shape index (κ3) is 6.50. The first-order valence-electron chi connectivity index (χ1n) is 10.4. The van der Waals surface area contributed by atoms with Gasteiger partial charge < -0.3 is 20.3 Å². The van der Waals surface area contributed by atoms with E-state index in [1.807, 2.05) is 95.7 Å². The molecule has 0 saturated carbocycles. The van der Waals surface area contributed by atoms with Gasteiger partial charge in [-0.1, -0.05) is 83.0 Å². The van der Waals surface area contributed by atoms with E-state index in [4.69, 9.17) is 20.3 Å². The van der Waals surface area contributed by atoms with Crippen LogP contribution >= 0.6 is 22.7 Å². The van der Waals surface area contributed by atoms with Crippen molar-refractivity contribution in [3.63, 3.8) is 0 Å². The molecule has 0 aliphatic heterocycles. The molecular formula is C24H22N6O2S2Si. The molecular weight excluding hydrogens is 497 g/mol. The Morgan fingerprint density at radius 1 is 0.629 bits per heavy atom. The number of amidine groups is 2. The quantitative estimate of drug-likeness (QED) is 0.161. The van der Waals surface area contributed by atoms with Crippen LogP contribution in [0, 0.1) is 0 Å². The molecule has 0 amide bonds. The fraction of sp³-hybridized carbons (Fsp3) is 0. The van der Waals surface area contributed by atoms with E-state index >= 15 is 0 Å². The maximum absolute atomic E-state index is 6.28. The van der Waals surface area contributed by atoms with E-state index in [0.717, 1.165) is 20.1 Å². The van der Waals surface area contributed by atoms with E-state index in [-0.39, 0.29) is 12.0 Å². The molecule has 0 saturated heterocycles. The van der Waals surface area contributed by atoms with Gasteiger partial charge in [0.05, 0.1) is 12.4 Å². The van der Waals surface area contributed by atoms with Gasteiger partial charge in [-0.15, -0.1) is 22.7 Å². The minimum Gasteiger partial charge on any atom is -0.477 e. The van der Waals surface area contributed by atoms with Crippen molar-refractivity contribution in [3.05, 3.63) is 105 Å². The maximum Gasteiger partial charge on any atom is 0.535 e. The largest absolute Gasteiger partial charge is 0.535 e. The maximum atomic E-state index is 6.28. The standard InChI is InChI=1S/C24H22N6O2S2Si/c25-23(29-27-17-19-9-7-15-33-19)31-35(21-11-3-1-4-12-21,22-13-5-2-6-14-22)32-24(26)30-28-18-20-10-8-16-34-20/h1-18H,(H2,25,29)(H2,26,30)/b27-17+,28-18+. The Morgan fingerprint density at radius 2 is 1.06 bits per heavy atom. The molecule has 0 unspecified atom stereocenters. The fourth-order valence-corrected chi connectivity index (χ4v) is 7.03. The van der Waals surface area contributed by atoms with Gasteiger partial charge in [0.15, 0.2) is 0 Å². The lowest BCUT2D eigenvalue weighted by Gasteiger charge is -2.30. The molecule has 0 spiro atoms. The lowest BCUT2D eigenvalue weighted by molar-refractivity contribution is 0.396. The van der Waals surface area contributed by atoms with Crippen molar-refractivity contribution < 1.29 is 8.85 Å². The molecule has 4 N–H and O–H groups in total. The number of hydrogen-bond acceptors (Lipinski definition) is 8. The highest BCUT2D eigenvalue weighted by molar-refractivity contribution is 7.12. The van der Waals surface area contributed by atoms with Crippen LogP contribution in [0.2, 0.25) is 0 Å². The Morgan fingerprint density at radius 3 is 1.43 bits per heavy atom. The summed E-state index contributed by atoms with van der Waals surface area (Å²) in [6.07, 6.45) is 3.20. The van der Waals surface area contributed by atoms with Gasteiger partial charge in [-0.2, -0.15) is 10.2 Å². The zero-order valence-electron chi connectivity index (χ0n) is 18.5. The van der Waals surface area contributed by atoms with E-state index in [9.17, 15) is 0 Å². The van der Waals surface area contributed by atoms with Gasteiger partial charge in [0.25, 0.3) is 12.0 Å². The van der Waals surface area contributed by atoms with Crippen molar-refractivity contribution in [2.75, 3.05) is 0 Å². The predicted octanol–water partition coefficient (Wildman–Crippen LogP) is 3.10. The number of rotatable bonds is 8. The summed E-state index contributed by atoms with van der Waals surface area (Å²) in [5, 5.41) is 21.6. The van der Waals surface area contributed by atoms with Crippen LogP contribution in [0.5, 0.6) is 0 Å². The summed E-state index contributed by atoms with van der Waals surface area (Å²) < 4.78 is 12.6. The summed E-state index contributed by atoms with van der Waals surface area (Å²) in [5.74, 6) is 0. The van der Waals surface area contributed by atoms with Crippen molar-refractivity contribution >= 4 is 66.1 Å². The number of thiophene rings is 2. The summed E-state index contributed by atoms with van der Waals surface area (Å²) in [6, 6.07) is 26.3. The van der Waals surface area contributed by atoms with Crippen LogP contribution in [0.15, 0.2) is 116 Å². The second-order valence-corrected chi connectivity index (χ2v) is 11.7. The summed E-state index contributed by atoms with van der Waals surface area (Å²) >= 11 is 3.07. The molecule has 0 aliphatic carbocycles. The molecule has 11 heteroatoms. The summed E-state index contributed by atoms with van der Waals surface area (Å²) in [5.41, 5.74) is 12.4. The minimum absolute atomic E-state index is 0.160. The van der Waals surface area contributed by atoms with Crippen LogP contribution in [0.25, 0.3) is 0 Å². The van der Waals surface area contributed by atoms with E-state index < -0.39 is 8.56 Å². The van der Waals surface area contributed by atoms with E-state index in [1.54, 1.807) is 12.4 Å². The third-order valence-corrected chi connectivity index (χ3v) is 9.37. The third-order valence-electron chi connectivity index (χ3n) is 4.57. The van der Waals surface area contributed by atoms with Gasteiger partial charge in [-0.25, -0.2) is 0 Å². The molecule has 0 atom stereocenters. The monoisotopic (exact) mass is 518 g/mol. The first kappa shape index (κ1) is 24.1. The van der Waals surface area contributed by atoms with Crippen LogP contribution in [0.4, 0.5) is 0 Å². The van der Waals surface area contributed by atoms with Crippen LogP contribution in [0.1, 0.15) is 9.75 Å². The molecule has 2 aromatic heterocycles. The Balaban J connectivity index is 1.70. The topological polar surface area (TPSA) is 120 Å². The number of benzene rings is 2. The average molecular weight is 519 g/mol. The highest BCUT2D eigenvalue weighted by Gasteiger charge is 2.49. The zero-order valence-corrected chi connectivity index (χ0v) is 21.1. The molecule has 2 aromatic carbocycles. The van der Waals surface area contributed by atoms with Gasteiger partial charge in [0.2, 0.25) is 0 Å². The van der Waals surface area contributed by atoms with Crippen LogP contribution in [-0.2, 0) is 8.85 Å². The van der Waals surface area contributed by atoms with Crippen molar-refractivity contribution in [1.29, 1.82) is 0 Å². The van der Waals surface area contributed by atoms with Gasteiger partial charge in [0.1, 0.15) is 0 Å². The van der Waals surface area contributed by atoms with Crippen LogP contribution in [-0.4, -0.2) is 33.0 Å². The normalized spacial score (nSPS) is 12.9. The van der Waals surface area contributed by atoms with Gasteiger partial charge >= 0.3 is 8.56 Å². The smallest absolute Gasteiger partial charge is 0.477 e. The molecule has 0 bridgehead atoms. The van der Waals surface area contributed by atoms with Gasteiger partial charge in [0, 0.05) is 20.1 Å². The fourth-order valence-electron chi connectivity index (χ4n) is 3.09. The van der Waals surface area contributed by atoms with Crippen molar-refractivity contribution in [2.24, 2.45) is 31.9 Å². The predicted molar refractivity (Wildman–Crippen MR) is 147 cm³/mol. The molecule has 0 aliphatic rings. The SMILES string of the molecule is N/C(=N\N=C\c1cccs1)O[Si](O/C(N)=N/N=C/c1cccs1)(c1ccccc1)c1ccccc1. The molecule has 4 rings (SSSR count). The average Bonchev–Trinajstić information content (AvgIpc) is 3.59. The summed E-state index contributed by atoms with van der Waals surface area (Å²) in [6.45, 7) is 0. The highest BCUT2D eigenvalue weighted by atomic mass is 32.1. The molecule has 4 aromatic rings. The van der Waals surface area contributed by atoms with Gasteiger partial charge in [-0.05, 0) is 22.9 Å². The number of nitrogens with zero attached hydrogens (tertiary/aromatic N) is 4. The Bertz CT molecular complexity index is 1210. The highest BCUT2D eigenvalue weighted by Crippen LogP contribution is 2.12. The van der Waals surface area contributed by atoms with E-state index in [0.29, 0.717) is 0 Å². The minimum atomic E-state index is -3.56. The van der Waals surface area contributed by atoms with E-state index in [2.05, 4.69) is 20.4 Å². The van der Waals surface area contributed by atoms with Crippen molar-refractivity contribution in [1.82, 2.24) is 0 Å². The summed E-state index contributed by atoms with van der Waals surface area (Å²) in [4.78, 5) is 1.87. The first-order valence-corrected chi connectivity index (χ1v) is 14.0. The molecule has 2 heterocycles. The molecule has 0 fully saturated rings. The second kappa shape index (κ2) is 11.9. The number of hydrogen-bond donors (Lipinski definition) is 2. The zero-order chi connectivity index (χ0) is 24.3. The van der Waals surface area contributed by atoms with Crippen LogP contribution in [0.3, 0.4) is 0 Å². The lowest BCUT2D eigenvalue weighted by Crippen LogP contribution is -2.66. The molecule has 35 heavy (non-hydrogen) atoms.